The molecule has 1 aromatic carbocycles. The molecule has 0 amide bonds. The van der Waals surface area contributed by atoms with Crippen molar-refractivity contribution >= 4 is 29.7 Å². The summed E-state index contributed by atoms with van der Waals surface area (Å²) in [5, 5.41) is 0. The molecule has 0 atom stereocenters. The minimum Gasteiger partial charge on any atom is -0.465 e. The highest BCUT2D eigenvalue weighted by Crippen LogP contribution is 2.26. The van der Waals surface area contributed by atoms with Gasteiger partial charge in [0.25, 0.3) is 5.79 Å². The monoisotopic (exact) mass is 333 g/mol. The van der Waals surface area contributed by atoms with Crippen molar-refractivity contribution in [1.29, 1.82) is 0 Å². The lowest BCUT2D eigenvalue weighted by Gasteiger charge is -2.29. The molecule has 1 fully saturated rings. The Balaban J connectivity index is 2.45. The maximum Gasteiger partial charge on any atom is 0.348 e. The molecule has 0 N–H and O–H groups in total. The molecular weight excluding hydrogens is 314 g/mol. The van der Waals surface area contributed by atoms with Gasteiger partial charge in [-0.1, -0.05) is 6.07 Å². The lowest BCUT2D eigenvalue weighted by atomic mass is 10.0. The first-order valence-electron chi connectivity index (χ1n) is 7.22. The maximum atomic E-state index is 12.0. The number of methoxy groups -OCH3 is 1. The van der Waals surface area contributed by atoms with Crippen molar-refractivity contribution in [1.82, 2.24) is 0 Å². The first-order valence-corrected chi connectivity index (χ1v) is 7.22. The molecule has 0 bridgehead atoms. The van der Waals surface area contributed by atoms with E-state index in [2.05, 4.69) is 0 Å². The molecular formula is C17H19NO6. The first kappa shape index (κ1) is 17.5. The van der Waals surface area contributed by atoms with Crippen molar-refractivity contribution in [3.8, 4) is 0 Å². The standard InChI is InChI=1S/C17H19NO6/c1-17(2)23-15(20)12(16(21)24-17)9-10-6-7-13(18(3)4)11(8-10)14(19)22-5/h6-9H,1-5H3. The van der Waals surface area contributed by atoms with E-state index >= 15 is 0 Å². The molecule has 7 heteroatoms. The summed E-state index contributed by atoms with van der Waals surface area (Å²) in [6.07, 6.45) is 1.33. The number of carbonyl (C=O) groups excluding carboxylic acids is 3. The van der Waals surface area contributed by atoms with E-state index in [1.165, 1.54) is 33.1 Å². The number of nitrogens with zero attached hydrogens (tertiary/aromatic N) is 1. The highest BCUT2D eigenvalue weighted by Gasteiger charge is 2.38. The molecule has 2 rings (SSSR count). The fraction of sp³-hybridized carbons (Fsp3) is 0.353. The van der Waals surface area contributed by atoms with Crippen molar-refractivity contribution in [3.63, 3.8) is 0 Å². The van der Waals surface area contributed by atoms with Crippen molar-refractivity contribution in [2.75, 3.05) is 26.1 Å². The minimum absolute atomic E-state index is 0.234. The molecule has 0 unspecified atom stereocenters. The number of hydrogen-bond acceptors (Lipinski definition) is 7. The Kier molecular flexibility index (Phi) is 4.64. The number of esters is 3. The van der Waals surface area contributed by atoms with Crippen LogP contribution in [0.4, 0.5) is 5.69 Å². The zero-order valence-electron chi connectivity index (χ0n) is 14.2. The Morgan fingerprint density at radius 3 is 2.25 bits per heavy atom. The van der Waals surface area contributed by atoms with E-state index in [-0.39, 0.29) is 5.57 Å². The molecule has 24 heavy (non-hydrogen) atoms. The van der Waals surface area contributed by atoms with Gasteiger partial charge in [0.15, 0.2) is 0 Å². The van der Waals surface area contributed by atoms with Crippen LogP contribution in [0.5, 0.6) is 0 Å². The van der Waals surface area contributed by atoms with Crippen molar-refractivity contribution in [3.05, 3.63) is 34.9 Å². The minimum atomic E-state index is -1.29. The second-order valence-corrected chi connectivity index (χ2v) is 5.90. The molecule has 1 heterocycles. The topological polar surface area (TPSA) is 82.1 Å². The Hall–Kier alpha value is -2.83. The molecule has 1 aliphatic rings. The summed E-state index contributed by atoms with van der Waals surface area (Å²) in [5.74, 6) is -3.36. The number of hydrogen-bond donors (Lipinski definition) is 0. The summed E-state index contributed by atoms with van der Waals surface area (Å²) in [6, 6.07) is 4.91. The molecule has 7 nitrogen and oxygen atoms in total. The van der Waals surface area contributed by atoms with Crippen LogP contribution in [0.2, 0.25) is 0 Å². The van der Waals surface area contributed by atoms with Crippen LogP contribution in [0.3, 0.4) is 0 Å². The summed E-state index contributed by atoms with van der Waals surface area (Å²) < 4.78 is 14.9. The SMILES string of the molecule is COC(=O)c1cc(C=C2C(=O)OC(C)(C)OC2=O)ccc1N(C)C. The number of benzene rings is 1. The lowest BCUT2D eigenvalue weighted by Crippen LogP contribution is -2.41. The number of carbonyl (C=O) groups is 3. The predicted octanol–water partition coefficient (Wildman–Crippen LogP) is 1.76. The Morgan fingerprint density at radius 2 is 1.75 bits per heavy atom. The number of rotatable bonds is 3. The third kappa shape index (κ3) is 3.56. The van der Waals surface area contributed by atoms with Gasteiger partial charge in [0, 0.05) is 27.9 Å². The molecule has 0 saturated carbocycles. The zero-order valence-corrected chi connectivity index (χ0v) is 14.2. The number of cyclic esters (lactones) is 2. The normalized spacial score (nSPS) is 16.1. The third-order valence-corrected chi connectivity index (χ3v) is 3.34. The van der Waals surface area contributed by atoms with Crippen LogP contribution in [0.25, 0.3) is 6.08 Å². The van der Waals surface area contributed by atoms with Gasteiger partial charge in [0.1, 0.15) is 5.57 Å². The van der Waals surface area contributed by atoms with E-state index in [9.17, 15) is 14.4 Å². The van der Waals surface area contributed by atoms with Gasteiger partial charge in [0.2, 0.25) is 0 Å². The number of anilines is 1. The molecule has 1 saturated heterocycles. The van der Waals surface area contributed by atoms with Gasteiger partial charge in [-0.3, -0.25) is 0 Å². The largest absolute Gasteiger partial charge is 0.465 e. The van der Waals surface area contributed by atoms with E-state index in [1.54, 1.807) is 31.1 Å². The van der Waals surface area contributed by atoms with Gasteiger partial charge in [-0.2, -0.15) is 0 Å². The Bertz CT molecular complexity index is 711. The van der Waals surface area contributed by atoms with Gasteiger partial charge in [-0.15, -0.1) is 0 Å². The molecule has 1 aromatic rings. The Morgan fingerprint density at radius 1 is 1.17 bits per heavy atom. The van der Waals surface area contributed by atoms with E-state index in [4.69, 9.17) is 14.2 Å². The summed E-state index contributed by atoms with van der Waals surface area (Å²) in [4.78, 5) is 37.7. The van der Waals surface area contributed by atoms with Gasteiger partial charge >= 0.3 is 17.9 Å². The third-order valence-electron chi connectivity index (χ3n) is 3.34. The van der Waals surface area contributed by atoms with Gasteiger partial charge in [-0.05, 0) is 23.8 Å². The van der Waals surface area contributed by atoms with E-state index in [0.29, 0.717) is 16.8 Å². The summed E-state index contributed by atoms with van der Waals surface area (Å²) in [6.45, 7) is 2.95. The van der Waals surface area contributed by atoms with Crippen molar-refractivity contribution < 1.29 is 28.6 Å². The molecule has 1 aliphatic heterocycles. The highest BCUT2D eigenvalue weighted by atomic mass is 16.7. The first-order chi connectivity index (χ1) is 11.1. The highest BCUT2D eigenvalue weighted by molar-refractivity contribution is 6.19. The van der Waals surface area contributed by atoms with Crippen LogP contribution < -0.4 is 4.90 Å². The van der Waals surface area contributed by atoms with Crippen LogP contribution in [0.1, 0.15) is 29.8 Å². The average Bonchev–Trinajstić information content (AvgIpc) is 2.48. The fourth-order valence-corrected chi connectivity index (χ4v) is 2.25. The van der Waals surface area contributed by atoms with Crippen LogP contribution in [0.15, 0.2) is 23.8 Å². The molecule has 128 valence electrons. The van der Waals surface area contributed by atoms with Crippen molar-refractivity contribution in [2.24, 2.45) is 0 Å². The Labute approximate surface area is 139 Å². The second kappa shape index (κ2) is 6.35. The molecule has 0 aromatic heterocycles. The van der Waals surface area contributed by atoms with Crippen LogP contribution in [-0.2, 0) is 23.8 Å². The van der Waals surface area contributed by atoms with E-state index in [1.807, 2.05) is 0 Å². The molecule has 0 aliphatic carbocycles. The lowest BCUT2D eigenvalue weighted by molar-refractivity contribution is -0.222. The van der Waals surface area contributed by atoms with Gasteiger partial charge < -0.3 is 19.1 Å². The molecule has 0 radical (unpaired) electrons. The summed E-state index contributed by atoms with van der Waals surface area (Å²) in [7, 11) is 4.86. The van der Waals surface area contributed by atoms with Gasteiger partial charge in [-0.25, -0.2) is 14.4 Å². The van der Waals surface area contributed by atoms with Crippen LogP contribution in [0, 0.1) is 0 Å². The van der Waals surface area contributed by atoms with Crippen LogP contribution >= 0.6 is 0 Å². The van der Waals surface area contributed by atoms with Crippen LogP contribution in [-0.4, -0.2) is 44.9 Å². The summed E-state index contributed by atoms with van der Waals surface area (Å²) in [5.41, 5.74) is 1.21. The smallest absolute Gasteiger partial charge is 0.348 e. The summed E-state index contributed by atoms with van der Waals surface area (Å²) >= 11 is 0. The average molecular weight is 333 g/mol. The number of ether oxygens (including phenoxy) is 3. The molecule has 0 spiro atoms. The maximum absolute atomic E-state index is 12.0. The van der Waals surface area contributed by atoms with E-state index < -0.39 is 23.7 Å². The van der Waals surface area contributed by atoms with Crippen molar-refractivity contribution in [2.45, 2.75) is 19.6 Å². The predicted molar refractivity (Wildman–Crippen MR) is 86.3 cm³/mol. The fourth-order valence-electron chi connectivity index (χ4n) is 2.25. The van der Waals surface area contributed by atoms with Gasteiger partial charge in [0.05, 0.1) is 18.4 Å². The van der Waals surface area contributed by atoms with E-state index in [0.717, 1.165) is 0 Å². The second-order valence-electron chi connectivity index (χ2n) is 5.90. The zero-order chi connectivity index (χ0) is 18.1. The quantitative estimate of drug-likeness (QED) is 0.473.